The van der Waals surface area contributed by atoms with Crippen LogP contribution in [0, 0.1) is 10.5 Å². The molecule has 0 unspecified atom stereocenters. The van der Waals surface area contributed by atoms with Gasteiger partial charge in [0.05, 0.1) is 0 Å². The van der Waals surface area contributed by atoms with E-state index in [1.807, 2.05) is 0 Å². The minimum Gasteiger partial charge on any atom is -0.380 e. The van der Waals surface area contributed by atoms with Crippen LogP contribution in [0.5, 0.6) is 0 Å². The van der Waals surface area contributed by atoms with Gasteiger partial charge in [0.25, 0.3) is 0 Å². The molecule has 0 aromatic heterocycles. The number of benzene rings is 2. The Morgan fingerprint density at radius 1 is 1.12 bits per heavy atom. The topological polar surface area (TPSA) is 12.0 Å². The zero-order valence-electron chi connectivity index (χ0n) is 9.50. The van der Waals surface area contributed by atoms with E-state index in [4.69, 9.17) is 0 Å². The molecule has 3 heteroatoms. The first kappa shape index (κ1) is 12.9. The summed E-state index contributed by atoms with van der Waals surface area (Å²) in [7, 11) is 0. The number of halogens is 2. The van der Waals surface area contributed by atoms with Gasteiger partial charge in [0, 0.05) is 20.3 Å². The molecule has 0 amide bonds. The molecular formula is C14H13BrIN. The van der Waals surface area contributed by atoms with Crippen molar-refractivity contribution in [1.29, 1.82) is 0 Å². The Morgan fingerprint density at radius 3 is 2.53 bits per heavy atom. The third-order valence-electron chi connectivity index (χ3n) is 2.59. The van der Waals surface area contributed by atoms with Gasteiger partial charge in [-0.1, -0.05) is 24.3 Å². The van der Waals surface area contributed by atoms with Gasteiger partial charge >= 0.3 is 0 Å². The third-order valence-corrected chi connectivity index (χ3v) is 4.36. The van der Waals surface area contributed by atoms with Crippen molar-refractivity contribution in [3.8, 4) is 0 Å². The van der Waals surface area contributed by atoms with Gasteiger partial charge in [-0.05, 0) is 74.8 Å². The number of hydrogen-bond acceptors (Lipinski definition) is 1. The Labute approximate surface area is 124 Å². The summed E-state index contributed by atoms with van der Waals surface area (Å²) < 4.78 is 2.41. The highest BCUT2D eigenvalue weighted by Crippen LogP contribution is 2.26. The summed E-state index contributed by atoms with van der Waals surface area (Å²) in [5.74, 6) is 0. The maximum absolute atomic E-state index is 3.60. The average Bonchev–Trinajstić information content (AvgIpc) is 2.33. The van der Waals surface area contributed by atoms with Crippen LogP contribution in [0.1, 0.15) is 11.1 Å². The van der Waals surface area contributed by atoms with Crippen LogP contribution in [0.4, 0.5) is 5.69 Å². The quantitative estimate of drug-likeness (QED) is 0.715. The molecule has 0 saturated carbocycles. The van der Waals surface area contributed by atoms with E-state index in [9.17, 15) is 0 Å². The minimum absolute atomic E-state index is 0.846. The van der Waals surface area contributed by atoms with Crippen LogP contribution >= 0.6 is 38.5 Å². The molecule has 0 spiro atoms. The lowest BCUT2D eigenvalue weighted by atomic mass is 10.2. The van der Waals surface area contributed by atoms with Gasteiger partial charge in [-0.25, -0.2) is 0 Å². The van der Waals surface area contributed by atoms with Crippen LogP contribution in [0.25, 0.3) is 0 Å². The fourth-order valence-corrected chi connectivity index (χ4v) is 2.35. The maximum atomic E-state index is 3.60. The molecule has 0 aliphatic carbocycles. The third kappa shape index (κ3) is 3.45. The maximum Gasteiger partial charge on any atom is 0.0490 e. The van der Waals surface area contributed by atoms with Crippen molar-refractivity contribution >= 4 is 44.2 Å². The Balaban J connectivity index is 2.07. The van der Waals surface area contributed by atoms with Gasteiger partial charge in [0.15, 0.2) is 0 Å². The van der Waals surface area contributed by atoms with E-state index >= 15 is 0 Å². The van der Waals surface area contributed by atoms with Crippen LogP contribution in [-0.2, 0) is 6.54 Å². The molecule has 2 aromatic carbocycles. The van der Waals surface area contributed by atoms with Crippen LogP contribution < -0.4 is 5.32 Å². The molecule has 0 saturated heterocycles. The summed E-state index contributed by atoms with van der Waals surface area (Å²) in [5, 5.41) is 3.44. The first-order valence-corrected chi connectivity index (χ1v) is 7.27. The molecule has 17 heavy (non-hydrogen) atoms. The number of hydrogen-bond donors (Lipinski definition) is 1. The SMILES string of the molecule is Cc1cccc(NCc2ccc(I)cc2)c1Br. The van der Waals surface area contributed by atoms with E-state index in [1.165, 1.54) is 14.7 Å². The van der Waals surface area contributed by atoms with Crippen molar-refractivity contribution in [2.75, 3.05) is 5.32 Å². The van der Waals surface area contributed by atoms with Crippen LogP contribution in [0.2, 0.25) is 0 Å². The van der Waals surface area contributed by atoms with Crippen LogP contribution in [0.3, 0.4) is 0 Å². The molecule has 1 nitrogen and oxygen atoms in total. The highest BCUT2D eigenvalue weighted by molar-refractivity contribution is 14.1. The summed E-state index contributed by atoms with van der Waals surface area (Å²) in [6.07, 6.45) is 0. The van der Waals surface area contributed by atoms with E-state index in [0.717, 1.165) is 16.7 Å². The predicted octanol–water partition coefficient (Wildman–Crippen LogP) is 4.97. The summed E-state index contributed by atoms with van der Waals surface area (Å²) in [5.41, 5.74) is 3.68. The van der Waals surface area contributed by atoms with Crippen molar-refractivity contribution in [2.24, 2.45) is 0 Å². The second kappa shape index (κ2) is 5.87. The highest BCUT2D eigenvalue weighted by atomic mass is 127. The minimum atomic E-state index is 0.846. The Morgan fingerprint density at radius 2 is 1.82 bits per heavy atom. The number of rotatable bonds is 3. The van der Waals surface area contributed by atoms with Crippen molar-refractivity contribution in [2.45, 2.75) is 13.5 Å². The molecule has 0 atom stereocenters. The molecular weight excluding hydrogens is 389 g/mol. The zero-order chi connectivity index (χ0) is 12.3. The summed E-state index contributed by atoms with van der Waals surface area (Å²) in [4.78, 5) is 0. The second-order valence-electron chi connectivity index (χ2n) is 3.92. The molecule has 0 bridgehead atoms. The lowest BCUT2D eigenvalue weighted by Crippen LogP contribution is -2.00. The van der Waals surface area contributed by atoms with Gasteiger partial charge in [-0.3, -0.25) is 0 Å². The molecule has 0 fully saturated rings. The molecule has 0 radical (unpaired) electrons. The van der Waals surface area contributed by atoms with E-state index in [0.29, 0.717) is 0 Å². The molecule has 1 N–H and O–H groups in total. The first-order valence-electron chi connectivity index (χ1n) is 5.40. The van der Waals surface area contributed by atoms with E-state index in [1.54, 1.807) is 0 Å². The van der Waals surface area contributed by atoms with Crippen molar-refractivity contribution in [1.82, 2.24) is 0 Å². The van der Waals surface area contributed by atoms with Gasteiger partial charge in [0.1, 0.15) is 0 Å². The molecule has 0 heterocycles. The van der Waals surface area contributed by atoms with Crippen LogP contribution in [0.15, 0.2) is 46.9 Å². The fourth-order valence-electron chi connectivity index (χ4n) is 1.58. The number of nitrogens with one attached hydrogen (secondary N) is 1. The highest BCUT2D eigenvalue weighted by Gasteiger charge is 2.01. The standard InChI is InChI=1S/C14H13BrIN/c1-10-3-2-4-13(14(10)15)17-9-11-5-7-12(16)8-6-11/h2-8,17H,9H2,1H3. The lowest BCUT2D eigenvalue weighted by Gasteiger charge is -2.10. The summed E-state index contributed by atoms with van der Waals surface area (Å²) >= 11 is 5.92. The van der Waals surface area contributed by atoms with Gasteiger partial charge in [-0.15, -0.1) is 0 Å². The zero-order valence-corrected chi connectivity index (χ0v) is 13.2. The number of aryl methyl sites for hydroxylation is 1. The monoisotopic (exact) mass is 401 g/mol. The number of anilines is 1. The summed E-state index contributed by atoms with van der Waals surface area (Å²) in [6, 6.07) is 14.8. The lowest BCUT2D eigenvalue weighted by molar-refractivity contribution is 1.14. The largest absolute Gasteiger partial charge is 0.380 e. The molecule has 0 aliphatic heterocycles. The summed E-state index contributed by atoms with van der Waals surface area (Å²) in [6.45, 7) is 2.94. The first-order chi connectivity index (χ1) is 8.16. The fraction of sp³-hybridized carbons (Fsp3) is 0.143. The Kier molecular flexibility index (Phi) is 4.45. The van der Waals surface area contributed by atoms with Crippen LogP contribution in [-0.4, -0.2) is 0 Å². The average molecular weight is 402 g/mol. The van der Waals surface area contributed by atoms with Gasteiger partial charge in [-0.2, -0.15) is 0 Å². The molecule has 2 aromatic rings. The van der Waals surface area contributed by atoms with Gasteiger partial charge in [0.2, 0.25) is 0 Å². The Hall–Kier alpha value is -0.550. The second-order valence-corrected chi connectivity index (χ2v) is 5.96. The molecule has 0 aliphatic rings. The predicted molar refractivity (Wildman–Crippen MR) is 85.4 cm³/mol. The smallest absolute Gasteiger partial charge is 0.0490 e. The van der Waals surface area contributed by atoms with E-state index in [-0.39, 0.29) is 0 Å². The molecule has 88 valence electrons. The Bertz CT molecular complexity index is 508. The van der Waals surface area contributed by atoms with E-state index in [2.05, 4.69) is 93.2 Å². The van der Waals surface area contributed by atoms with Crippen molar-refractivity contribution in [3.63, 3.8) is 0 Å². The van der Waals surface area contributed by atoms with Crippen molar-refractivity contribution < 1.29 is 0 Å². The van der Waals surface area contributed by atoms with Gasteiger partial charge < -0.3 is 5.32 Å². The molecule has 2 rings (SSSR count). The van der Waals surface area contributed by atoms with Crippen molar-refractivity contribution in [3.05, 3.63) is 61.6 Å². The van der Waals surface area contributed by atoms with E-state index < -0.39 is 0 Å². The normalized spacial score (nSPS) is 10.3.